The second-order valence-electron chi connectivity index (χ2n) is 10.9. The van der Waals surface area contributed by atoms with Crippen molar-refractivity contribution >= 4 is 23.3 Å². The molecule has 0 saturated heterocycles. The van der Waals surface area contributed by atoms with Gasteiger partial charge in [-0.2, -0.15) is 11.8 Å². The number of carbonyl (C=O) groups excluding carboxylic acids is 2. The SMILES string of the molecule is CC1=C(O)C(N(C)C)C2CC3C(=C(O)C2(O)C1=O)C(=O)c1c(O)cccc1C3CSCc1ccc(C)cc1. The van der Waals surface area contributed by atoms with Crippen molar-refractivity contribution in [3.05, 3.63) is 87.4 Å². The molecule has 0 saturated carbocycles. The highest BCUT2D eigenvalue weighted by molar-refractivity contribution is 7.98. The Hall–Kier alpha value is -3.07. The third-order valence-corrected chi connectivity index (χ3v) is 9.57. The Bertz CT molecular complexity index is 1380. The Kier molecular flexibility index (Phi) is 6.70. The summed E-state index contributed by atoms with van der Waals surface area (Å²) in [4.78, 5) is 28.8. The van der Waals surface area contributed by atoms with Gasteiger partial charge in [0.25, 0.3) is 0 Å². The molecule has 4 N–H and O–H groups in total. The van der Waals surface area contributed by atoms with E-state index in [2.05, 4.69) is 24.3 Å². The van der Waals surface area contributed by atoms with Crippen LogP contribution in [0.2, 0.25) is 0 Å². The van der Waals surface area contributed by atoms with Crippen LogP contribution in [0.15, 0.2) is 65.1 Å². The number of allylic oxidation sites excluding steroid dienone is 1. The van der Waals surface area contributed by atoms with Crippen molar-refractivity contribution in [2.24, 2.45) is 11.8 Å². The highest BCUT2D eigenvalue weighted by atomic mass is 32.2. The number of aromatic hydroxyl groups is 1. The minimum absolute atomic E-state index is 0.0151. The molecule has 2 aromatic carbocycles. The van der Waals surface area contributed by atoms with E-state index < -0.39 is 40.8 Å². The van der Waals surface area contributed by atoms with Crippen molar-refractivity contribution < 1.29 is 30.0 Å². The van der Waals surface area contributed by atoms with Crippen LogP contribution >= 0.6 is 11.8 Å². The number of ketones is 2. The summed E-state index contributed by atoms with van der Waals surface area (Å²) in [6.45, 7) is 3.45. The van der Waals surface area contributed by atoms with Gasteiger partial charge in [0.1, 0.15) is 17.3 Å². The largest absolute Gasteiger partial charge is 0.510 e. The Labute approximate surface area is 226 Å². The van der Waals surface area contributed by atoms with Gasteiger partial charge in [-0.25, -0.2) is 0 Å². The Morgan fingerprint density at radius 2 is 1.71 bits per heavy atom. The Morgan fingerprint density at radius 1 is 1.03 bits per heavy atom. The van der Waals surface area contributed by atoms with E-state index in [1.807, 2.05) is 13.0 Å². The van der Waals surface area contributed by atoms with Gasteiger partial charge in [0, 0.05) is 34.5 Å². The quantitative estimate of drug-likeness (QED) is 0.444. The van der Waals surface area contributed by atoms with Crippen molar-refractivity contribution in [3.8, 4) is 5.75 Å². The molecule has 200 valence electrons. The average molecular weight is 536 g/mol. The van der Waals surface area contributed by atoms with Crippen LogP contribution in [-0.4, -0.2) is 68.4 Å². The number of aliphatic hydroxyl groups is 3. The Balaban J connectivity index is 1.61. The maximum atomic E-state index is 13.8. The number of fused-ring (bicyclic) bond motifs is 3. The number of phenolic OH excluding ortho intramolecular Hbond substituents is 1. The van der Waals surface area contributed by atoms with E-state index in [1.165, 1.54) is 18.6 Å². The summed E-state index contributed by atoms with van der Waals surface area (Å²) < 4.78 is 0. The van der Waals surface area contributed by atoms with E-state index in [4.69, 9.17) is 0 Å². The minimum Gasteiger partial charge on any atom is -0.510 e. The summed E-state index contributed by atoms with van der Waals surface area (Å²) in [5.41, 5.74) is 0.751. The van der Waals surface area contributed by atoms with Crippen LogP contribution in [0, 0.1) is 18.8 Å². The first-order valence-electron chi connectivity index (χ1n) is 12.7. The number of Topliss-reactive ketones (excluding diaryl/α,β-unsaturated/α-hetero) is 2. The lowest BCUT2D eigenvalue weighted by Gasteiger charge is -2.51. The topological polar surface area (TPSA) is 118 Å². The number of nitrogens with zero attached hydrogens (tertiary/aromatic N) is 1. The molecule has 0 heterocycles. The number of benzene rings is 2. The third kappa shape index (κ3) is 3.89. The monoisotopic (exact) mass is 535 g/mol. The van der Waals surface area contributed by atoms with E-state index in [-0.39, 0.29) is 40.6 Å². The van der Waals surface area contributed by atoms with E-state index in [1.54, 1.807) is 36.8 Å². The number of rotatable bonds is 5. The molecule has 2 aromatic rings. The fourth-order valence-electron chi connectivity index (χ4n) is 6.47. The Morgan fingerprint density at radius 3 is 2.37 bits per heavy atom. The maximum Gasteiger partial charge on any atom is 0.201 e. The zero-order valence-electron chi connectivity index (χ0n) is 21.9. The molecule has 3 aliphatic rings. The molecule has 7 nitrogen and oxygen atoms in total. The van der Waals surface area contributed by atoms with E-state index in [0.29, 0.717) is 11.3 Å². The molecule has 0 bridgehead atoms. The van der Waals surface area contributed by atoms with Crippen LogP contribution in [0.1, 0.15) is 46.3 Å². The number of aliphatic hydroxyl groups excluding tert-OH is 2. The maximum absolute atomic E-state index is 13.8. The summed E-state index contributed by atoms with van der Waals surface area (Å²) in [6.07, 6.45) is 0.207. The molecule has 5 unspecified atom stereocenters. The molecule has 0 aromatic heterocycles. The number of hydrogen-bond acceptors (Lipinski definition) is 8. The van der Waals surface area contributed by atoms with Crippen molar-refractivity contribution in [3.63, 3.8) is 0 Å². The summed E-state index contributed by atoms with van der Waals surface area (Å²) in [7, 11) is 3.49. The zero-order valence-corrected chi connectivity index (χ0v) is 22.7. The molecule has 5 rings (SSSR count). The normalized spacial score (nSPS) is 28.9. The fourth-order valence-corrected chi connectivity index (χ4v) is 7.68. The molecule has 0 fully saturated rings. The molecular weight excluding hydrogens is 502 g/mol. The van der Waals surface area contributed by atoms with Gasteiger partial charge in [0.05, 0.1) is 11.6 Å². The van der Waals surface area contributed by atoms with Gasteiger partial charge < -0.3 is 20.4 Å². The van der Waals surface area contributed by atoms with Crippen molar-refractivity contribution in [2.75, 3.05) is 19.8 Å². The first-order valence-corrected chi connectivity index (χ1v) is 13.9. The molecule has 0 spiro atoms. The van der Waals surface area contributed by atoms with E-state index >= 15 is 0 Å². The highest BCUT2D eigenvalue weighted by Crippen LogP contribution is 2.56. The number of thioether (sulfide) groups is 1. The smallest absolute Gasteiger partial charge is 0.201 e. The molecule has 0 radical (unpaired) electrons. The van der Waals surface area contributed by atoms with Crippen LogP contribution in [0.25, 0.3) is 0 Å². The lowest BCUT2D eigenvalue weighted by atomic mass is 9.56. The molecule has 5 atom stereocenters. The highest BCUT2D eigenvalue weighted by Gasteiger charge is 2.62. The van der Waals surface area contributed by atoms with Gasteiger partial charge in [-0.1, -0.05) is 42.0 Å². The van der Waals surface area contributed by atoms with Crippen molar-refractivity contribution in [2.45, 2.75) is 43.6 Å². The van der Waals surface area contributed by atoms with Crippen molar-refractivity contribution in [1.82, 2.24) is 4.90 Å². The fraction of sp³-hybridized carbons (Fsp3) is 0.400. The van der Waals surface area contributed by atoms with Gasteiger partial charge in [0.15, 0.2) is 11.4 Å². The summed E-state index contributed by atoms with van der Waals surface area (Å²) >= 11 is 1.69. The second-order valence-corrected chi connectivity index (χ2v) is 11.9. The van der Waals surface area contributed by atoms with E-state index in [0.717, 1.165) is 11.3 Å². The minimum atomic E-state index is -2.34. The second kappa shape index (κ2) is 9.59. The standard InChI is InChI=1S/C30H33NO6S/c1-15-8-10-17(11-9-15)13-38-14-20-18-6-5-7-22(32)23(18)27(34)24-19(20)12-21-25(31(3)4)26(33)16(2)28(35)30(21,37)29(24)36/h5-11,19-21,25,32-33,36-37H,12-14H2,1-4H3. The van der Waals surface area contributed by atoms with Crippen LogP contribution < -0.4 is 0 Å². The molecule has 3 aliphatic carbocycles. The number of carbonyl (C=O) groups is 2. The lowest BCUT2D eigenvalue weighted by Crippen LogP contribution is -2.63. The summed E-state index contributed by atoms with van der Waals surface area (Å²) in [5, 5.41) is 44.9. The lowest BCUT2D eigenvalue weighted by molar-refractivity contribution is -0.147. The first kappa shape index (κ1) is 26.5. The predicted molar refractivity (Wildman–Crippen MR) is 147 cm³/mol. The van der Waals surface area contributed by atoms with Crippen molar-refractivity contribution in [1.29, 1.82) is 0 Å². The van der Waals surface area contributed by atoms with Gasteiger partial charge >= 0.3 is 0 Å². The van der Waals surface area contributed by atoms with Crippen LogP contribution in [-0.2, 0) is 10.5 Å². The van der Waals surface area contributed by atoms with Gasteiger partial charge in [0.2, 0.25) is 5.78 Å². The van der Waals surface area contributed by atoms with Gasteiger partial charge in [-0.3, -0.25) is 14.5 Å². The third-order valence-electron chi connectivity index (χ3n) is 8.44. The number of likely N-dealkylation sites (N-methyl/N-ethyl adjacent to an activating group) is 1. The molecule has 0 amide bonds. The first-order chi connectivity index (χ1) is 18.0. The van der Waals surface area contributed by atoms with Crippen LogP contribution in [0.4, 0.5) is 0 Å². The molecule has 0 aliphatic heterocycles. The molecular formula is C30H33NO6S. The predicted octanol–water partition coefficient (Wildman–Crippen LogP) is 4.44. The zero-order chi connectivity index (χ0) is 27.5. The number of aryl methyl sites for hydroxylation is 1. The summed E-state index contributed by atoms with van der Waals surface area (Å²) in [5.74, 6) is -2.65. The van der Waals surface area contributed by atoms with E-state index in [9.17, 15) is 30.0 Å². The molecule has 8 heteroatoms. The van der Waals surface area contributed by atoms with Gasteiger partial charge in [-0.05, 0) is 57.5 Å². The van der Waals surface area contributed by atoms with Gasteiger partial charge in [-0.15, -0.1) is 0 Å². The average Bonchev–Trinajstić information content (AvgIpc) is 2.87. The molecule has 38 heavy (non-hydrogen) atoms. The van der Waals surface area contributed by atoms with Crippen LogP contribution in [0.5, 0.6) is 5.75 Å². The number of hydrogen-bond donors (Lipinski definition) is 4. The van der Waals surface area contributed by atoms with Crippen LogP contribution in [0.3, 0.4) is 0 Å². The summed E-state index contributed by atoms with van der Waals surface area (Å²) in [6, 6.07) is 12.5. The number of phenols is 1.